The molecule has 1 fully saturated rings. The van der Waals surface area contributed by atoms with Crippen LogP contribution in [0.2, 0.25) is 0 Å². The molecule has 0 spiro atoms. The molecule has 0 bridgehead atoms. The van der Waals surface area contributed by atoms with E-state index in [0.29, 0.717) is 18.2 Å². The van der Waals surface area contributed by atoms with E-state index in [1.165, 1.54) is 16.7 Å². The van der Waals surface area contributed by atoms with Gasteiger partial charge in [-0.2, -0.15) is 0 Å². The molecule has 2 rings (SSSR count). The molecule has 130 valence electrons. The highest BCUT2D eigenvalue weighted by Crippen LogP contribution is 2.38. The summed E-state index contributed by atoms with van der Waals surface area (Å²) in [7, 11) is 0. The molecule has 0 aromatic heterocycles. The van der Waals surface area contributed by atoms with Gasteiger partial charge in [0.15, 0.2) is 0 Å². The number of nitrogens with zero attached hydrogens (tertiary/aromatic N) is 1. The Bertz CT molecular complexity index is 513. The van der Waals surface area contributed by atoms with E-state index in [1.54, 1.807) is 13.8 Å². The molecule has 3 N–H and O–H groups in total. The molecule has 23 heavy (non-hydrogen) atoms. The minimum atomic E-state index is -1.05. The van der Waals surface area contributed by atoms with E-state index in [1.807, 2.05) is 0 Å². The number of carbonyl (C=O) groups excluding carboxylic acids is 2. The normalized spacial score (nSPS) is 22.4. The van der Waals surface area contributed by atoms with Crippen molar-refractivity contribution in [2.45, 2.75) is 25.3 Å². The Morgan fingerprint density at radius 3 is 2.65 bits per heavy atom. The van der Waals surface area contributed by atoms with Crippen LogP contribution in [0.15, 0.2) is 11.3 Å². The van der Waals surface area contributed by atoms with E-state index in [2.05, 4.69) is 9.47 Å². The second-order valence-electron chi connectivity index (χ2n) is 4.59. The average Bonchev–Trinajstić information content (AvgIpc) is 2.52. The lowest BCUT2D eigenvalue weighted by atomic mass is 10.0. The van der Waals surface area contributed by atoms with Crippen molar-refractivity contribution in [1.29, 1.82) is 0 Å². The summed E-state index contributed by atoms with van der Waals surface area (Å²) in [5.41, 5.74) is 6.39. The Balaban J connectivity index is 0.000000257. The van der Waals surface area contributed by atoms with E-state index in [4.69, 9.17) is 22.4 Å². The van der Waals surface area contributed by atoms with Gasteiger partial charge >= 0.3 is 12.1 Å². The maximum atomic E-state index is 11.3. The third-order valence-corrected chi connectivity index (χ3v) is 4.56. The van der Waals surface area contributed by atoms with E-state index >= 15 is 0 Å². The molecule has 2 aliphatic heterocycles. The molecule has 10 heteroatoms. The molecule has 0 aromatic carbocycles. The zero-order valence-corrected chi connectivity index (χ0v) is 14.4. The number of rotatable bonds is 4. The number of amides is 1. The summed E-state index contributed by atoms with van der Waals surface area (Å²) >= 11 is 6.73. The fraction of sp³-hybridized carbons (Fsp3) is 0.615. The molecule has 0 aromatic rings. The predicted octanol–water partition coefficient (Wildman–Crippen LogP) is 0.986. The fourth-order valence-corrected chi connectivity index (χ4v) is 3.27. The zero-order valence-electron chi connectivity index (χ0n) is 12.8. The average molecular weight is 367 g/mol. The number of nitrogens with two attached hydrogens (primary N) is 1. The molecule has 8 nitrogen and oxygen atoms in total. The van der Waals surface area contributed by atoms with Crippen LogP contribution in [-0.4, -0.2) is 64.3 Å². The summed E-state index contributed by atoms with van der Waals surface area (Å²) in [4.78, 5) is 33.8. The molecular formula is C13H19ClN2O6S. The van der Waals surface area contributed by atoms with Gasteiger partial charge in [-0.05, 0) is 19.4 Å². The molecule has 0 aliphatic carbocycles. The number of halogens is 1. The van der Waals surface area contributed by atoms with Gasteiger partial charge in [0, 0.05) is 5.75 Å². The van der Waals surface area contributed by atoms with Crippen molar-refractivity contribution in [3.05, 3.63) is 11.3 Å². The van der Waals surface area contributed by atoms with Crippen LogP contribution in [0.5, 0.6) is 0 Å². The summed E-state index contributed by atoms with van der Waals surface area (Å²) in [5.74, 6) is -0.408. The van der Waals surface area contributed by atoms with Crippen molar-refractivity contribution >= 4 is 41.4 Å². The lowest BCUT2D eigenvalue weighted by Gasteiger charge is -2.47. The lowest BCUT2D eigenvalue weighted by Crippen LogP contribution is -2.68. The van der Waals surface area contributed by atoms with Crippen LogP contribution in [0.3, 0.4) is 0 Å². The summed E-state index contributed by atoms with van der Waals surface area (Å²) in [5, 5.41) is 8.75. The molecule has 1 amide bonds. The minimum Gasteiger partial charge on any atom is -0.477 e. The Labute approximate surface area is 142 Å². The molecule has 0 radical (unpaired) electrons. The first kappa shape index (κ1) is 19.6. The van der Waals surface area contributed by atoms with E-state index < -0.39 is 18.2 Å². The number of aliphatic carboxylic acids is 1. The van der Waals surface area contributed by atoms with Crippen LogP contribution < -0.4 is 5.73 Å². The van der Waals surface area contributed by atoms with Crippen molar-refractivity contribution in [3.63, 3.8) is 0 Å². The number of thioether (sulfide) groups is 1. The van der Waals surface area contributed by atoms with E-state index in [0.717, 1.165) is 5.57 Å². The Morgan fingerprint density at radius 1 is 1.48 bits per heavy atom. The Kier molecular flexibility index (Phi) is 7.66. The van der Waals surface area contributed by atoms with Crippen molar-refractivity contribution in [2.24, 2.45) is 5.73 Å². The van der Waals surface area contributed by atoms with Gasteiger partial charge in [-0.15, -0.1) is 23.4 Å². The van der Waals surface area contributed by atoms with Crippen molar-refractivity contribution in [2.75, 3.05) is 24.8 Å². The van der Waals surface area contributed by atoms with E-state index in [-0.39, 0.29) is 23.6 Å². The van der Waals surface area contributed by atoms with Gasteiger partial charge in [0.1, 0.15) is 23.7 Å². The molecule has 2 aliphatic rings. The lowest BCUT2D eigenvalue weighted by molar-refractivity contribution is -0.147. The highest BCUT2D eigenvalue weighted by Gasteiger charge is 2.51. The van der Waals surface area contributed by atoms with Crippen molar-refractivity contribution in [1.82, 2.24) is 4.90 Å². The first-order valence-electron chi connectivity index (χ1n) is 6.83. The maximum Gasteiger partial charge on any atom is 0.508 e. The van der Waals surface area contributed by atoms with Crippen LogP contribution in [0.25, 0.3) is 0 Å². The number of carbonyl (C=O) groups is 3. The van der Waals surface area contributed by atoms with Gasteiger partial charge in [0.25, 0.3) is 0 Å². The van der Waals surface area contributed by atoms with Gasteiger partial charge in [0.05, 0.1) is 12.5 Å². The van der Waals surface area contributed by atoms with Gasteiger partial charge in [-0.3, -0.25) is 9.69 Å². The van der Waals surface area contributed by atoms with Crippen molar-refractivity contribution in [3.8, 4) is 0 Å². The standard InChI is InChI=1S/C8H10N2O3S.C5H9ClO3/c1-3-2-14-7-4(9)6(11)10(7)5(3)8(12)13;1-2-8-5(7)9-4-3-6/h4,7H,2,9H2,1H3,(H,12,13);2-4H2,1H3/t4?,7-;/m1./s1. The second kappa shape index (κ2) is 8.99. The predicted molar refractivity (Wildman–Crippen MR) is 85.1 cm³/mol. The van der Waals surface area contributed by atoms with Crippen LogP contribution >= 0.6 is 23.4 Å². The van der Waals surface area contributed by atoms with Crippen LogP contribution in [-0.2, 0) is 19.1 Å². The number of carboxylic acid groups (broad SMARTS) is 1. The fourth-order valence-electron chi connectivity index (χ4n) is 1.95. The Morgan fingerprint density at radius 2 is 2.13 bits per heavy atom. The number of ether oxygens (including phenoxy) is 2. The largest absolute Gasteiger partial charge is 0.508 e. The summed E-state index contributed by atoms with van der Waals surface area (Å²) in [6.07, 6.45) is -0.654. The quantitative estimate of drug-likeness (QED) is 0.429. The number of β-lactam (4-membered cyclic amide) rings is 1. The zero-order chi connectivity index (χ0) is 17.6. The number of carboxylic acids is 1. The number of fused-ring (bicyclic) bond motifs is 1. The third-order valence-electron chi connectivity index (χ3n) is 2.96. The maximum absolute atomic E-state index is 11.3. The van der Waals surface area contributed by atoms with Gasteiger partial charge in [-0.25, -0.2) is 9.59 Å². The van der Waals surface area contributed by atoms with Crippen LogP contribution in [0.1, 0.15) is 13.8 Å². The summed E-state index contributed by atoms with van der Waals surface area (Å²) < 4.78 is 8.86. The van der Waals surface area contributed by atoms with Gasteiger partial charge in [0.2, 0.25) is 5.91 Å². The SMILES string of the molecule is CC1=C(C(=O)O)N2C(=O)C(N)[C@H]2SC1.CCOC(=O)OCCCl. The van der Waals surface area contributed by atoms with Crippen LogP contribution in [0.4, 0.5) is 4.79 Å². The smallest absolute Gasteiger partial charge is 0.477 e. The minimum absolute atomic E-state index is 0.112. The van der Waals surface area contributed by atoms with Gasteiger partial charge < -0.3 is 20.3 Å². The number of hydrogen-bond donors (Lipinski definition) is 2. The topological polar surface area (TPSA) is 119 Å². The monoisotopic (exact) mass is 366 g/mol. The van der Waals surface area contributed by atoms with Crippen LogP contribution in [0, 0.1) is 0 Å². The summed E-state index contributed by atoms with van der Waals surface area (Å²) in [6, 6.07) is -0.539. The molecule has 2 atom stereocenters. The number of hydrogen-bond acceptors (Lipinski definition) is 7. The van der Waals surface area contributed by atoms with Crippen molar-refractivity contribution < 1.29 is 29.0 Å². The van der Waals surface area contributed by atoms with Gasteiger partial charge in [-0.1, -0.05) is 0 Å². The number of alkyl halides is 1. The third kappa shape index (κ3) is 4.76. The second-order valence-corrected chi connectivity index (χ2v) is 6.07. The highest BCUT2D eigenvalue weighted by atomic mass is 35.5. The van der Waals surface area contributed by atoms with E-state index in [9.17, 15) is 14.4 Å². The molecule has 0 saturated carbocycles. The molecule has 1 unspecified atom stereocenters. The highest BCUT2D eigenvalue weighted by molar-refractivity contribution is 8.00. The molecular weight excluding hydrogens is 348 g/mol. The molecule has 1 saturated heterocycles. The Hall–Kier alpha value is -1.45. The first-order chi connectivity index (χ1) is 10.8. The molecule has 2 heterocycles. The first-order valence-corrected chi connectivity index (χ1v) is 8.42. The summed E-state index contributed by atoms with van der Waals surface area (Å²) in [6.45, 7) is 3.98.